The second kappa shape index (κ2) is 9.90. The van der Waals surface area contributed by atoms with Crippen LogP contribution in [-0.2, 0) is 16.1 Å². The van der Waals surface area contributed by atoms with Gasteiger partial charge in [-0.2, -0.15) is 0 Å². The first-order chi connectivity index (χ1) is 20.3. The van der Waals surface area contributed by atoms with E-state index in [1.165, 1.54) is 27.6 Å². The maximum absolute atomic E-state index is 14.5. The summed E-state index contributed by atoms with van der Waals surface area (Å²) in [5.41, 5.74) is -0.844. The molecule has 2 aliphatic heterocycles. The number of aromatic nitrogens is 2. The van der Waals surface area contributed by atoms with E-state index in [2.05, 4.69) is 16.8 Å². The molecule has 0 bridgehead atoms. The largest absolute Gasteiger partial charge is 0.450 e. The fraction of sp³-hybridized carbons (Fsp3) is 0.100. The molecular weight excluding hydrogens is 599 g/mol. The zero-order chi connectivity index (χ0) is 29.2. The number of fused-ring (bicyclic) bond motifs is 5. The van der Waals surface area contributed by atoms with Crippen LogP contribution in [0, 0.1) is 5.82 Å². The van der Waals surface area contributed by atoms with Crippen molar-refractivity contribution < 1.29 is 18.4 Å². The number of halogens is 2. The molecule has 0 saturated heterocycles. The molecule has 1 atom stereocenters. The van der Waals surface area contributed by atoms with Crippen molar-refractivity contribution in [2.45, 2.75) is 15.6 Å². The third-order valence-corrected chi connectivity index (χ3v) is 9.63. The smallest absolute Gasteiger partial charge is 0.297 e. The quantitative estimate of drug-likeness (QED) is 0.128. The van der Waals surface area contributed by atoms with Crippen molar-refractivity contribution in [3.8, 4) is 0 Å². The molecule has 42 heavy (non-hydrogen) atoms. The van der Waals surface area contributed by atoms with Crippen molar-refractivity contribution in [3.63, 3.8) is 0 Å². The molecule has 12 heteroatoms. The molecule has 0 aliphatic carbocycles. The van der Waals surface area contributed by atoms with Crippen molar-refractivity contribution in [2.24, 2.45) is 0 Å². The van der Waals surface area contributed by atoms with E-state index in [9.17, 15) is 18.8 Å². The van der Waals surface area contributed by atoms with Crippen molar-refractivity contribution in [3.05, 3.63) is 123 Å². The Balaban J connectivity index is 1.43. The lowest BCUT2D eigenvalue weighted by Gasteiger charge is -2.31. The number of thioether (sulfide) groups is 1. The molecule has 4 heterocycles. The predicted molar refractivity (Wildman–Crippen MR) is 160 cm³/mol. The first kappa shape index (κ1) is 26.6. The number of anilines is 2. The van der Waals surface area contributed by atoms with Crippen molar-refractivity contribution >= 4 is 68.3 Å². The third-order valence-electron chi connectivity index (χ3n) is 7.26. The normalized spacial score (nSPS) is 17.4. The summed E-state index contributed by atoms with van der Waals surface area (Å²) in [6.07, 6.45) is 1.56. The lowest BCUT2D eigenvalue weighted by Crippen LogP contribution is -2.53. The van der Waals surface area contributed by atoms with Gasteiger partial charge in [0.1, 0.15) is 11.4 Å². The van der Waals surface area contributed by atoms with Gasteiger partial charge in [-0.1, -0.05) is 71.1 Å². The Morgan fingerprint density at radius 2 is 1.86 bits per heavy atom. The van der Waals surface area contributed by atoms with Gasteiger partial charge < -0.3 is 9.32 Å². The van der Waals surface area contributed by atoms with Gasteiger partial charge in [0, 0.05) is 22.9 Å². The number of amides is 2. The van der Waals surface area contributed by atoms with Crippen LogP contribution >= 0.6 is 34.7 Å². The number of rotatable bonds is 6. The average Bonchev–Trinajstić information content (AvgIpc) is 3.63. The van der Waals surface area contributed by atoms with Crippen LogP contribution in [0.3, 0.4) is 0 Å². The van der Waals surface area contributed by atoms with Crippen LogP contribution in [0.1, 0.15) is 27.2 Å². The van der Waals surface area contributed by atoms with Gasteiger partial charge in [0.25, 0.3) is 11.8 Å². The molecule has 0 radical (unpaired) electrons. The van der Waals surface area contributed by atoms with Crippen molar-refractivity contribution in [2.75, 3.05) is 16.3 Å². The van der Waals surface area contributed by atoms with Crippen LogP contribution in [0.25, 0.3) is 11.0 Å². The van der Waals surface area contributed by atoms with Gasteiger partial charge in [0.05, 0.1) is 16.6 Å². The van der Waals surface area contributed by atoms with E-state index in [-0.39, 0.29) is 34.0 Å². The zero-order valence-corrected chi connectivity index (χ0v) is 23.9. The number of carbonyl (C=O) groups excluding carboxylic acids is 2. The van der Waals surface area contributed by atoms with Crippen LogP contribution in [0.15, 0.2) is 92.9 Å². The summed E-state index contributed by atoms with van der Waals surface area (Å²) in [7, 11) is 0. The van der Waals surface area contributed by atoms with Gasteiger partial charge in [-0.25, -0.2) is 4.39 Å². The fourth-order valence-electron chi connectivity index (χ4n) is 5.52. The molecule has 0 N–H and O–H groups in total. The number of hydrogen-bond donors (Lipinski definition) is 0. The van der Waals surface area contributed by atoms with Gasteiger partial charge in [0.2, 0.25) is 10.9 Å². The summed E-state index contributed by atoms with van der Waals surface area (Å²) in [4.78, 5) is 45.5. The van der Waals surface area contributed by atoms with Gasteiger partial charge in [-0.3, -0.25) is 19.3 Å². The summed E-state index contributed by atoms with van der Waals surface area (Å²) in [6.45, 7) is 3.90. The van der Waals surface area contributed by atoms with Crippen LogP contribution in [0.5, 0.6) is 0 Å². The average molecular weight is 617 g/mol. The second-order valence-corrected chi connectivity index (χ2v) is 12.2. The van der Waals surface area contributed by atoms with E-state index in [1.807, 2.05) is 12.1 Å². The number of hydrogen-bond acceptors (Lipinski definition) is 8. The maximum atomic E-state index is 14.5. The molecule has 3 aromatic carbocycles. The Morgan fingerprint density at radius 3 is 2.64 bits per heavy atom. The molecule has 5 aromatic rings. The third kappa shape index (κ3) is 3.77. The molecule has 1 unspecified atom stereocenters. The van der Waals surface area contributed by atoms with Gasteiger partial charge >= 0.3 is 0 Å². The molecule has 8 nitrogen and oxygen atoms in total. The summed E-state index contributed by atoms with van der Waals surface area (Å²) >= 11 is 8.52. The standard InChI is InChI=1S/C30H18ClFN4O4S2/c1-2-13-35-21-6-4-3-5-20(21)30(27(35)39)23-24(37)19-14-18(32)11-12-22(19)40-25(23)26(38)36(30)28-33-34-29(42-28)41-15-16-7-9-17(31)10-8-16/h2-12,14H,1,13,15H2. The van der Waals surface area contributed by atoms with E-state index < -0.39 is 28.6 Å². The Kier molecular flexibility index (Phi) is 6.26. The Labute approximate surface area is 251 Å². The van der Waals surface area contributed by atoms with Gasteiger partial charge in [0.15, 0.2) is 15.3 Å². The molecule has 2 amide bonds. The number of nitrogens with zero attached hydrogens (tertiary/aromatic N) is 4. The van der Waals surface area contributed by atoms with Crippen LogP contribution < -0.4 is 15.2 Å². The SMILES string of the molecule is C=CCN1C(=O)C2(c3ccccc31)c1c(oc3ccc(F)cc3c1=O)C(=O)N2c1nnc(SCc2ccc(Cl)cc2)s1. The number of benzene rings is 3. The monoisotopic (exact) mass is 616 g/mol. The summed E-state index contributed by atoms with van der Waals surface area (Å²) < 4.78 is 20.8. The summed E-state index contributed by atoms with van der Waals surface area (Å²) in [5.74, 6) is -1.65. The number of para-hydroxylation sites is 1. The topological polar surface area (TPSA) is 96.6 Å². The first-order valence-electron chi connectivity index (χ1n) is 12.7. The highest BCUT2D eigenvalue weighted by Crippen LogP contribution is 2.54. The summed E-state index contributed by atoms with van der Waals surface area (Å²) in [5, 5.41) is 9.26. The van der Waals surface area contributed by atoms with Crippen LogP contribution in [0.4, 0.5) is 15.2 Å². The predicted octanol–water partition coefficient (Wildman–Crippen LogP) is 6.17. The van der Waals surface area contributed by atoms with Crippen molar-refractivity contribution in [1.82, 2.24) is 10.2 Å². The highest BCUT2D eigenvalue weighted by Gasteiger charge is 2.66. The Bertz CT molecular complexity index is 2010. The molecular formula is C30H18ClFN4O4S2. The van der Waals surface area contributed by atoms with Gasteiger partial charge in [-0.15, -0.1) is 16.8 Å². The van der Waals surface area contributed by atoms with Crippen LogP contribution in [-0.4, -0.2) is 28.6 Å². The van der Waals surface area contributed by atoms with E-state index in [0.29, 0.717) is 26.4 Å². The molecule has 2 aliphatic rings. The maximum Gasteiger partial charge on any atom is 0.297 e. The summed E-state index contributed by atoms with van der Waals surface area (Å²) in [6, 6.07) is 17.8. The van der Waals surface area contributed by atoms with E-state index in [0.717, 1.165) is 29.0 Å². The second-order valence-electron chi connectivity index (χ2n) is 9.61. The fourth-order valence-corrected chi connectivity index (χ4v) is 7.50. The molecule has 0 saturated carbocycles. The van der Waals surface area contributed by atoms with Gasteiger partial charge in [-0.05, 0) is 42.0 Å². The Morgan fingerprint density at radius 1 is 1.07 bits per heavy atom. The van der Waals surface area contributed by atoms with Crippen molar-refractivity contribution in [1.29, 1.82) is 0 Å². The zero-order valence-electron chi connectivity index (χ0n) is 21.5. The molecule has 0 fully saturated rings. The lowest BCUT2D eigenvalue weighted by atomic mass is 9.84. The van der Waals surface area contributed by atoms with E-state index in [4.69, 9.17) is 16.0 Å². The molecule has 1 spiro atoms. The Hall–Kier alpha value is -4.32. The minimum absolute atomic E-state index is 0.0312. The molecule has 7 rings (SSSR count). The molecule has 208 valence electrons. The minimum atomic E-state index is -1.94. The van der Waals surface area contributed by atoms with Crippen LogP contribution in [0.2, 0.25) is 5.02 Å². The molecule has 2 aromatic heterocycles. The number of carbonyl (C=O) groups is 2. The minimum Gasteiger partial charge on any atom is -0.450 e. The highest BCUT2D eigenvalue weighted by atomic mass is 35.5. The van der Waals surface area contributed by atoms with E-state index >= 15 is 0 Å². The lowest BCUT2D eigenvalue weighted by molar-refractivity contribution is -0.121. The van der Waals surface area contributed by atoms with E-state index in [1.54, 1.807) is 42.5 Å². The first-order valence-corrected chi connectivity index (χ1v) is 14.9. The highest BCUT2D eigenvalue weighted by molar-refractivity contribution is 8.00.